The third-order valence-electron chi connectivity index (χ3n) is 4.07. The Morgan fingerprint density at radius 1 is 1.00 bits per heavy atom. The van der Waals surface area contributed by atoms with E-state index in [9.17, 15) is 0 Å². The highest BCUT2D eigenvalue weighted by molar-refractivity contribution is 6.36. The van der Waals surface area contributed by atoms with Gasteiger partial charge in [-0.2, -0.15) is 20.2 Å². The molecule has 29 heavy (non-hydrogen) atoms. The number of benzene rings is 2. The van der Waals surface area contributed by atoms with Gasteiger partial charge in [0.15, 0.2) is 0 Å². The van der Waals surface area contributed by atoms with E-state index in [0.717, 1.165) is 11.3 Å². The van der Waals surface area contributed by atoms with Crippen LogP contribution in [0.15, 0.2) is 61.2 Å². The lowest BCUT2D eigenvalue weighted by Crippen LogP contribution is -2.09. The second-order valence-corrected chi connectivity index (χ2v) is 6.85. The summed E-state index contributed by atoms with van der Waals surface area (Å²) in [6, 6.07) is 14.4. The fourth-order valence-electron chi connectivity index (χ4n) is 2.65. The Labute approximate surface area is 176 Å². The second kappa shape index (κ2) is 8.27. The molecule has 0 aliphatic heterocycles. The van der Waals surface area contributed by atoms with E-state index in [1.165, 1.54) is 0 Å². The third kappa shape index (κ3) is 4.35. The minimum Gasteiger partial charge on any atom is -0.324 e. The van der Waals surface area contributed by atoms with Gasteiger partial charge < -0.3 is 5.32 Å². The van der Waals surface area contributed by atoms with E-state index in [1.807, 2.05) is 0 Å². The van der Waals surface area contributed by atoms with E-state index in [1.54, 1.807) is 65.8 Å². The number of hydrogen-bond donors (Lipinski definition) is 1. The lowest BCUT2D eigenvalue weighted by Gasteiger charge is -2.11. The summed E-state index contributed by atoms with van der Waals surface area (Å²) in [5, 5.41) is 13.2. The van der Waals surface area contributed by atoms with Gasteiger partial charge in [-0.15, -0.1) is 0 Å². The van der Waals surface area contributed by atoms with Gasteiger partial charge in [-0.05, 0) is 42.0 Å². The molecule has 1 N–H and O–H groups in total. The van der Waals surface area contributed by atoms with Crippen molar-refractivity contribution in [3.8, 4) is 12.0 Å². The van der Waals surface area contributed by atoms with E-state index in [-0.39, 0.29) is 0 Å². The zero-order valence-corrected chi connectivity index (χ0v) is 16.4. The van der Waals surface area contributed by atoms with Crippen LogP contribution in [0.4, 0.5) is 11.6 Å². The Kier molecular flexibility index (Phi) is 5.38. The number of imidazole rings is 1. The summed E-state index contributed by atoms with van der Waals surface area (Å²) >= 11 is 12.6. The molecular weight excluding hydrogens is 409 g/mol. The highest BCUT2D eigenvalue weighted by Gasteiger charge is 2.13. The molecular formula is C20H13Cl2N7. The number of hydrogen-bond acceptors (Lipinski definition) is 6. The molecule has 2 aromatic carbocycles. The molecule has 4 rings (SSSR count). The molecule has 4 aromatic rings. The maximum atomic E-state index is 8.95. The lowest BCUT2D eigenvalue weighted by molar-refractivity contribution is 0.848. The van der Waals surface area contributed by atoms with Gasteiger partial charge in [0.25, 0.3) is 0 Å². The molecule has 9 heteroatoms. The van der Waals surface area contributed by atoms with E-state index >= 15 is 0 Å². The van der Waals surface area contributed by atoms with Crippen LogP contribution in [0.2, 0.25) is 10.0 Å². The zero-order valence-electron chi connectivity index (χ0n) is 14.9. The number of nitrogens with zero attached hydrogens (tertiary/aromatic N) is 6. The summed E-state index contributed by atoms with van der Waals surface area (Å²) in [5.41, 5.74) is 2.05. The Morgan fingerprint density at radius 2 is 1.76 bits per heavy atom. The number of aromatic nitrogens is 5. The minimum absolute atomic E-state index is 0.338. The average molecular weight is 422 g/mol. The molecule has 0 amide bonds. The Balaban J connectivity index is 1.72. The molecule has 142 valence electrons. The number of nitriles is 1. The normalized spacial score (nSPS) is 10.5. The van der Waals surface area contributed by atoms with Gasteiger partial charge in [0, 0.05) is 34.5 Å². The first-order valence-corrected chi connectivity index (χ1v) is 9.31. The van der Waals surface area contributed by atoms with Crippen molar-refractivity contribution >= 4 is 34.8 Å². The van der Waals surface area contributed by atoms with Crippen LogP contribution in [0.3, 0.4) is 0 Å². The first-order chi connectivity index (χ1) is 14.1. The fraction of sp³-hybridized carbons (Fsp3) is 0.0500. The van der Waals surface area contributed by atoms with E-state index < -0.39 is 0 Å². The SMILES string of the molecule is N#Cc1ccc(Nc2nc(Cc3c(Cl)cccc3Cl)nc(-n3ccnc3)n2)cc1. The molecule has 0 spiro atoms. The Hall–Kier alpha value is -3.47. The monoisotopic (exact) mass is 421 g/mol. The molecule has 0 fully saturated rings. The van der Waals surface area contributed by atoms with Gasteiger partial charge >= 0.3 is 0 Å². The van der Waals surface area contributed by atoms with Crippen LogP contribution < -0.4 is 5.32 Å². The van der Waals surface area contributed by atoms with Crippen molar-refractivity contribution in [3.05, 3.63) is 88.2 Å². The summed E-state index contributed by atoms with van der Waals surface area (Å²) in [6.45, 7) is 0. The van der Waals surface area contributed by atoms with Gasteiger partial charge in [0.1, 0.15) is 12.2 Å². The summed E-state index contributed by atoms with van der Waals surface area (Å²) in [7, 11) is 0. The van der Waals surface area contributed by atoms with Crippen molar-refractivity contribution < 1.29 is 0 Å². The Morgan fingerprint density at radius 3 is 2.41 bits per heavy atom. The summed E-state index contributed by atoms with van der Waals surface area (Å²) in [5.74, 6) is 1.26. The largest absolute Gasteiger partial charge is 0.324 e. The van der Waals surface area contributed by atoms with Crippen molar-refractivity contribution in [1.29, 1.82) is 5.26 Å². The quantitative estimate of drug-likeness (QED) is 0.507. The first kappa shape index (κ1) is 18.9. The predicted molar refractivity (Wildman–Crippen MR) is 111 cm³/mol. The van der Waals surface area contributed by atoms with Crippen LogP contribution >= 0.6 is 23.2 Å². The van der Waals surface area contributed by atoms with E-state index in [2.05, 4.69) is 31.3 Å². The molecule has 7 nitrogen and oxygen atoms in total. The van der Waals surface area contributed by atoms with Crippen LogP contribution in [-0.2, 0) is 6.42 Å². The molecule has 0 aliphatic rings. The predicted octanol–water partition coefficient (Wildman–Crippen LogP) is 4.57. The number of nitrogens with one attached hydrogen (secondary N) is 1. The molecule has 0 bridgehead atoms. The highest BCUT2D eigenvalue weighted by atomic mass is 35.5. The summed E-state index contributed by atoms with van der Waals surface area (Å²) in [6.07, 6.45) is 5.33. The average Bonchev–Trinajstić information content (AvgIpc) is 3.26. The maximum Gasteiger partial charge on any atom is 0.240 e. The fourth-order valence-corrected chi connectivity index (χ4v) is 3.18. The molecule has 2 heterocycles. The molecule has 0 radical (unpaired) electrons. The van der Waals surface area contributed by atoms with Crippen molar-refractivity contribution in [2.75, 3.05) is 5.32 Å². The van der Waals surface area contributed by atoms with Gasteiger partial charge in [0.05, 0.1) is 11.6 Å². The van der Waals surface area contributed by atoms with Gasteiger partial charge in [0.2, 0.25) is 11.9 Å². The smallest absolute Gasteiger partial charge is 0.240 e. The van der Waals surface area contributed by atoms with Crippen LogP contribution in [0.25, 0.3) is 5.95 Å². The van der Waals surface area contributed by atoms with Gasteiger partial charge in [-0.25, -0.2) is 4.98 Å². The topological polar surface area (TPSA) is 92.3 Å². The molecule has 0 unspecified atom stereocenters. The van der Waals surface area contributed by atoms with Crippen molar-refractivity contribution in [2.45, 2.75) is 6.42 Å². The van der Waals surface area contributed by atoms with Crippen LogP contribution in [-0.4, -0.2) is 24.5 Å². The third-order valence-corrected chi connectivity index (χ3v) is 4.78. The standard InChI is InChI=1S/C20H13Cl2N7/c21-16-2-1-3-17(22)15(16)10-18-26-19(25-14-6-4-13(11-23)5-7-14)28-20(27-18)29-9-8-24-12-29/h1-9,12H,10H2,(H,25,26,27,28). The lowest BCUT2D eigenvalue weighted by atomic mass is 10.1. The minimum atomic E-state index is 0.338. The van der Waals surface area contributed by atoms with Crippen LogP contribution in [0.1, 0.15) is 17.0 Å². The zero-order chi connectivity index (χ0) is 20.2. The number of rotatable bonds is 5. The summed E-state index contributed by atoms with van der Waals surface area (Å²) < 4.78 is 1.68. The molecule has 0 atom stereocenters. The van der Waals surface area contributed by atoms with Crippen molar-refractivity contribution in [1.82, 2.24) is 24.5 Å². The van der Waals surface area contributed by atoms with E-state index in [4.69, 9.17) is 28.5 Å². The molecule has 0 saturated heterocycles. The Bertz CT molecular complexity index is 1160. The molecule has 0 aliphatic carbocycles. The second-order valence-electron chi connectivity index (χ2n) is 6.04. The molecule has 0 saturated carbocycles. The van der Waals surface area contributed by atoms with Crippen molar-refractivity contribution in [2.24, 2.45) is 0 Å². The highest BCUT2D eigenvalue weighted by Crippen LogP contribution is 2.26. The van der Waals surface area contributed by atoms with Crippen LogP contribution in [0.5, 0.6) is 0 Å². The first-order valence-electron chi connectivity index (χ1n) is 8.56. The summed E-state index contributed by atoms with van der Waals surface area (Å²) in [4.78, 5) is 17.5. The van der Waals surface area contributed by atoms with Gasteiger partial charge in [-0.3, -0.25) is 4.57 Å². The van der Waals surface area contributed by atoms with Crippen LogP contribution in [0, 0.1) is 11.3 Å². The number of halogens is 2. The van der Waals surface area contributed by atoms with E-state index in [0.29, 0.717) is 39.8 Å². The van der Waals surface area contributed by atoms with Crippen molar-refractivity contribution in [3.63, 3.8) is 0 Å². The maximum absolute atomic E-state index is 8.95. The molecule has 2 aromatic heterocycles. The number of anilines is 2. The van der Waals surface area contributed by atoms with Gasteiger partial charge in [-0.1, -0.05) is 29.3 Å².